The average molecular weight is 1510 g/mol. The minimum Gasteiger partial charge on any atom is -1.00 e. The van der Waals surface area contributed by atoms with Gasteiger partial charge in [-0.1, -0.05) is 310 Å². The number of rotatable bonds is 24. The molecule has 0 nitrogen and oxygen atoms in total. The molecule has 0 aromatic heterocycles. The van der Waals surface area contributed by atoms with Crippen LogP contribution in [0.15, 0.2) is 243 Å². The van der Waals surface area contributed by atoms with Gasteiger partial charge in [-0.25, -0.2) is 0 Å². The third-order valence-corrected chi connectivity index (χ3v) is 34.9. The fraction of sp³-hybridized carbons (Fsp3) is 0.348. The Hall–Kier alpha value is -4.07. The largest absolute Gasteiger partial charge is 2.00 e. The minimum atomic E-state index is -0.106. The molecule has 0 fully saturated rings. The summed E-state index contributed by atoms with van der Waals surface area (Å²) < 4.78 is 0. The summed E-state index contributed by atoms with van der Waals surface area (Å²) in [5.41, 5.74) is 17.0. The standard InChI is InChI=1S/4C23H28P.2ClH.2Ti/c4*1-5-17(3)24(18(4)6-2)21-15-20-13-10-14-22(23(20)16-21)19-11-8-7-9-12-19;;;;/h4*7-18H,5-6H2,1-4H3;2*1H;;/q4*-1;;;2*+2/p-2. The van der Waals surface area contributed by atoms with Crippen molar-refractivity contribution in [2.45, 2.75) is 207 Å². The molecule has 12 aromatic rings. The van der Waals surface area contributed by atoms with E-state index in [0.29, 0.717) is 0 Å². The van der Waals surface area contributed by atoms with Crippen LogP contribution in [0.1, 0.15) is 162 Å². The summed E-state index contributed by atoms with van der Waals surface area (Å²) in [6.07, 6.45) is 10.1. The van der Waals surface area contributed by atoms with Gasteiger partial charge in [-0.2, -0.15) is 24.3 Å². The van der Waals surface area contributed by atoms with Crippen LogP contribution in [0, 0.1) is 0 Å². The zero-order chi connectivity index (χ0) is 68.4. The molecule has 0 heterocycles. The van der Waals surface area contributed by atoms with Crippen LogP contribution in [-0.4, -0.2) is 45.3 Å². The minimum absolute atomic E-state index is 0. The Morgan fingerprint density at radius 2 is 0.390 bits per heavy atom. The predicted octanol–water partition coefficient (Wildman–Crippen LogP) is 21.7. The van der Waals surface area contributed by atoms with Crippen LogP contribution in [0.3, 0.4) is 0 Å². The van der Waals surface area contributed by atoms with Crippen molar-refractivity contribution < 1.29 is 68.2 Å². The van der Waals surface area contributed by atoms with Gasteiger partial charge in [0, 0.05) is 0 Å². The van der Waals surface area contributed by atoms with E-state index in [2.05, 4.69) is 353 Å². The first-order chi connectivity index (χ1) is 46.6. The van der Waals surface area contributed by atoms with E-state index in [1.807, 2.05) is 0 Å². The Labute approximate surface area is 653 Å². The van der Waals surface area contributed by atoms with E-state index in [0.717, 1.165) is 45.3 Å². The SMILES string of the molecule is CCC(C)P(c1cc2c(-c3ccccc3)cccc2[cH-]1)C(C)CC.CCC(C)P(c1cc2c(-c3ccccc3)cccc2[cH-]1)C(C)CC.CCC(C)P(c1cc2c(-c3ccccc3)cccc2[cH-]1)C(C)CC.CCC(C)P(c1cc2c(-c3ccccc3)cccc2[cH-]1)C(C)CC.[Cl-].[Cl-].[Ti+2].[Ti+2]. The second-order valence-electron chi connectivity index (χ2n) is 27.2. The fourth-order valence-electron chi connectivity index (χ4n) is 14.3. The summed E-state index contributed by atoms with van der Waals surface area (Å²) >= 11 is 0. The summed E-state index contributed by atoms with van der Waals surface area (Å²) in [5.74, 6) is 0. The van der Waals surface area contributed by atoms with E-state index < -0.39 is 0 Å². The molecule has 0 amide bonds. The Morgan fingerprint density at radius 1 is 0.230 bits per heavy atom. The van der Waals surface area contributed by atoms with Crippen LogP contribution in [0.25, 0.3) is 87.6 Å². The molecule has 0 N–H and O–H groups in total. The van der Waals surface area contributed by atoms with E-state index in [1.54, 1.807) is 21.2 Å². The number of halogens is 2. The van der Waals surface area contributed by atoms with E-state index in [-0.39, 0.29) is 99.9 Å². The van der Waals surface area contributed by atoms with Crippen molar-refractivity contribution >= 4 is 96.0 Å². The van der Waals surface area contributed by atoms with Crippen LogP contribution in [0.5, 0.6) is 0 Å². The summed E-state index contributed by atoms with van der Waals surface area (Å²) in [6.45, 7) is 38.2. The molecule has 524 valence electrons. The average Bonchev–Trinajstić information content (AvgIpc) is 1.66. The molecule has 0 bridgehead atoms. The fourth-order valence-corrected chi connectivity index (χ4v) is 27.3. The smallest absolute Gasteiger partial charge is 1.00 e. The molecule has 0 spiro atoms. The summed E-state index contributed by atoms with van der Waals surface area (Å²) in [6, 6.07) is 89.8. The third kappa shape index (κ3) is 21.1. The topological polar surface area (TPSA) is 0 Å². The molecule has 8 heteroatoms. The molecule has 0 saturated carbocycles. The summed E-state index contributed by atoms with van der Waals surface area (Å²) in [7, 11) is -0.426. The van der Waals surface area contributed by atoms with Gasteiger partial charge in [0.15, 0.2) is 0 Å². The maximum atomic E-state index is 2.49. The zero-order valence-electron chi connectivity index (χ0n) is 62.9. The van der Waals surface area contributed by atoms with E-state index in [9.17, 15) is 0 Å². The van der Waals surface area contributed by atoms with Crippen molar-refractivity contribution in [3.63, 3.8) is 0 Å². The molecule has 0 radical (unpaired) electrons. The number of hydrogen-bond acceptors (Lipinski definition) is 0. The second kappa shape index (κ2) is 42.8. The van der Waals surface area contributed by atoms with E-state index in [1.165, 1.54) is 139 Å². The van der Waals surface area contributed by atoms with Crippen molar-refractivity contribution in [2.75, 3.05) is 0 Å². The first-order valence-electron chi connectivity index (χ1n) is 36.7. The zero-order valence-corrected chi connectivity index (χ0v) is 71.1. The van der Waals surface area contributed by atoms with Gasteiger partial charge in [0.25, 0.3) is 0 Å². The molecule has 8 atom stereocenters. The van der Waals surface area contributed by atoms with Gasteiger partial charge in [-0.05, 0) is 119 Å². The second-order valence-corrected chi connectivity index (χ2v) is 39.6. The molecule has 0 aliphatic rings. The Kier molecular flexibility index (Phi) is 37.0. The van der Waals surface area contributed by atoms with Gasteiger partial charge in [-0.15, -0.1) is 137 Å². The van der Waals surface area contributed by atoms with Gasteiger partial charge < -0.3 is 24.8 Å². The summed E-state index contributed by atoms with van der Waals surface area (Å²) in [5, 5.41) is 17.6. The first kappa shape index (κ1) is 86.6. The molecular weight excluding hydrogens is 1400 g/mol. The Morgan fingerprint density at radius 3 is 0.540 bits per heavy atom. The van der Waals surface area contributed by atoms with Gasteiger partial charge in [0.2, 0.25) is 0 Å². The third-order valence-electron chi connectivity index (χ3n) is 21.0. The van der Waals surface area contributed by atoms with Crippen molar-refractivity contribution in [3.05, 3.63) is 243 Å². The van der Waals surface area contributed by atoms with Gasteiger partial charge in [0.05, 0.1) is 0 Å². The number of fused-ring (bicyclic) bond motifs is 4. The van der Waals surface area contributed by atoms with Crippen LogP contribution < -0.4 is 46.0 Å². The van der Waals surface area contributed by atoms with Crippen molar-refractivity contribution in [1.82, 2.24) is 0 Å². The maximum absolute atomic E-state index is 2.49. The molecular formula is C92H112Cl2P4Ti2-2. The van der Waals surface area contributed by atoms with Crippen molar-refractivity contribution in [1.29, 1.82) is 0 Å². The molecule has 100 heavy (non-hydrogen) atoms. The predicted molar refractivity (Wildman–Crippen MR) is 444 cm³/mol. The van der Waals surface area contributed by atoms with Gasteiger partial charge >= 0.3 is 43.4 Å². The van der Waals surface area contributed by atoms with Crippen molar-refractivity contribution in [3.8, 4) is 44.5 Å². The quantitative estimate of drug-likeness (QED) is 0.0321. The molecule has 12 aromatic carbocycles. The van der Waals surface area contributed by atoms with Gasteiger partial charge in [-0.3, -0.25) is 0 Å². The molecule has 12 rings (SSSR count). The molecule has 0 aliphatic carbocycles. The number of benzene rings is 8. The van der Waals surface area contributed by atoms with Crippen molar-refractivity contribution in [2.24, 2.45) is 0 Å². The number of hydrogen-bond donors (Lipinski definition) is 0. The first-order valence-corrected chi connectivity index (χ1v) is 42.7. The van der Waals surface area contributed by atoms with Crippen LogP contribution in [-0.2, 0) is 43.4 Å². The van der Waals surface area contributed by atoms with E-state index in [4.69, 9.17) is 0 Å². The normalized spacial score (nSPS) is 14.7. The molecule has 0 saturated heterocycles. The Balaban J connectivity index is 0.000000237. The molecule has 8 unspecified atom stereocenters. The van der Waals surface area contributed by atoms with Crippen LogP contribution in [0.4, 0.5) is 0 Å². The molecule has 0 aliphatic heterocycles. The van der Waals surface area contributed by atoms with Crippen LogP contribution >= 0.6 is 31.7 Å². The van der Waals surface area contributed by atoms with Gasteiger partial charge in [0.1, 0.15) is 0 Å². The van der Waals surface area contributed by atoms with Crippen LogP contribution in [0.2, 0.25) is 0 Å². The maximum Gasteiger partial charge on any atom is 2.00 e. The van der Waals surface area contributed by atoms with E-state index >= 15 is 0 Å². The monoisotopic (exact) mass is 1510 g/mol. The summed E-state index contributed by atoms with van der Waals surface area (Å²) in [4.78, 5) is 0. The Bertz CT molecular complexity index is 3670.